The third-order valence-electron chi connectivity index (χ3n) is 3.39. The van der Waals surface area contributed by atoms with Crippen molar-refractivity contribution in [3.8, 4) is 0 Å². The molecule has 4 nitrogen and oxygen atoms in total. The largest absolute Gasteiger partial charge is 0.396 e. The average molecular weight is 244 g/mol. The first-order chi connectivity index (χ1) is 8.13. The molecule has 0 spiro atoms. The Morgan fingerprint density at radius 1 is 1.41 bits per heavy atom. The van der Waals surface area contributed by atoms with E-state index in [9.17, 15) is 0 Å². The van der Waals surface area contributed by atoms with Crippen LogP contribution in [0.4, 0.5) is 0 Å². The van der Waals surface area contributed by atoms with Crippen molar-refractivity contribution in [2.45, 2.75) is 51.8 Å². The lowest BCUT2D eigenvalue weighted by Gasteiger charge is -2.36. The van der Waals surface area contributed by atoms with Gasteiger partial charge in [-0.15, -0.1) is 0 Å². The van der Waals surface area contributed by atoms with Crippen molar-refractivity contribution >= 4 is 0 Å². The highest BCUT2D eigenvalue weighted by Gasteiger charge is 2.22. The zero-order chi connectivity index (χ0) is 12.7. The molecule has 0 aromatic rings. The Bertz CT molecular complexity index is 200. The van der Waals surface area contributed by atoms with Crippen LogP contribution < -0.4 is 5.32 Å². The average Bonchev–Trinajstić information content (AvgIpc) is 2.34. The molecule has 17 heavy (non-hydrogen) atoms. The minimum Gasteiger partial charge on any atom is -0.396 e. The first-order valence-electron chi connectivity index (χ1n) is 6.83. The standard InChI is InChI=1S/C13H28N2O2/c1-11(2)15-6-8-17-13(10-15)9-14-12(3)5-4-7-16/h11-14,16H,4-10H2,1-3H3. The molecule has 1 aliphatic heterocycles. The number of ether oxygens (including phenoxy) is 1. The molecule has 1 heterocycles. The van der Waals surface area contributed by atoms with Crippen LogP contribution in [0, 0.1) is 0 Å². The molecule has 1 saturated heterocycles. The molecule has 2 atom stereocenters. The lowest BCUT2D eigenvalue weighted by molar-refractivity contribution is -0.0380. The second kappa shape index (κ2) is 8.03. The Hall–Kier alpha value is -0.160. The van der Waals surface area contributed by atoms with Crippen LogP contribution >= 0.6 is 0 Å². The summed E-state index contributed by atoms with van der Waals surface area (Å²) in [6.07, 6.45) is 2.21. The number of aliphatic hydroxyl groups excluding tert-OH is 1. The van der Waals surface area contributed by atoms with Gasteiger partial charge in [-0.05, 0) is 33.6 Å². The van der Waals surface area contributed by atoms with E-state index in [0.29, 0.717) is 18.2 Å². The normalized spacial score (nSPS) is 24.2. The van der Waals surface area contributed by atoms with Crippen LogP contribution in [-0.2, 0) is 4.74 Å². The summed E-state index contributed by atoms with van der Waals surface area (Å²) < 4.78 is 5.76. The molecule has 0 saturated carbocycles. The molecule has 1 fully saturated rings. The second-order valence-corrected chi connectivity index (χ2v) is 5.26. The van der Waals surface area contributed by atoms with Crippen molar-refractivity contribution < 1.29 is 9.84 Å². The SMILES string of the molecule is CC(CCCO)NCC1CN(C(C)C)CCO1. The molecular formula is C13H28N2O2. The van der Waals surface area contributed by atoms with Gasteiger partial charge in [-0.3, -0.25) is 4.90 Å². The van der Waals surface area contributed by atoms with E-state index in [0.717, 1.165) is 39.1 Å². The van der Waals surface area contributed by atoms with Crippen molar-refractivity contribution in [1.29, 1.82) is 0 Å². The van der Waals surface area contributed by atoms with Gasteiger partial charge >= 0.3 is 0 Å². The quantitative estimate of drug-likeness (QED) is 0.697. The Balaban J connectivity index is 2.18. The molecule has 1 rings (SSSR count). The molecule has 2 unspecified atom stereocenters. The highest BCUT2D eigenvalue weighted by Crippen LogP contribution is 2.08. The van der Waals surface area contributed by atoms with Crippen molar-refractivity contribution in [3.63, 3.8) is 0 Å². The zero-order valence-corrected chi connectivity index (χ0v) is 11.5. The van der Waals surface area contributed by atoms with E-state index in [1.165, 1.54) is 0 Å². The van der Waals surface area contributed by atoms with Crippen molar-refractivity contribution in [2.75, 3.05) is 32.8 Å². The van der Waals surface area contributed by atoms with Crippen molar-refractivity contribution in [3.05, 3.63) is 0 Å². The van der Waals surface area contributed by atoms with Gasteiger partial charge in [0, 0.05) is 38.3 Å². The van der Waals surface area contributed by atoms with Gasteiger partial charge in [0.05, 0.1) is 12.7 Å². The molecule has 0 radical (unpaired) electrons. The van der Waals surface area contributed by atoms with Gasteiger partial charge in [0.2, 0.25) is 0 Å². The lowest BCUT2D eigenvalue weighted by Crippen LogP contribution is -2.50. The lowest BCUT2D eigenvalue weighted by atomic mass is 10.1. The topological polar surface area (TPSA) is 44.7 Å². The number of nitrogens with zero attached hydrogens (tertiary/aromatic N) is 1. The predicted molar refractivity (Wildman–Crippen MR) is 70.2 cm³/mol. The van der Waals surface area contributed by atoms with E-state index in [-0.39, 0.29) is 6.61 Å². The number of morpholine rings is 1. The molecule has 1 aliphatic rings. The fourth-order valence-electron chi connectivity index (χ4n) is 2.17. The Kier molecular flexibility index (Phi) is 7.04. The van der Waals surface area contributed by atoms with Gasteiger partial charge in [-0.25, -0.2) is 0 Å². The summed E-state index contributed by atoms with van der Waals surface area (Å²) in [4.78, 5) is 2.47. The van der Waals surface area contributed by atoms with E-state index in [4.69, 9.17) is 9.84 Å². The summed E-state index contributed by atoms with van der Waals surface area (Å²) in [7, 11) is 0. The third-order valence-corrected chi connectivity index (χ3v) is 3.39. The summed E-state index contributed by atoms with van der Waals surface area (Å²) in [5.74, 6) is 0. The Labute approximate surface area is 105 Å². The molecule has 102 valence electrons. The van der Waals surface area contributed by atoms with Gasteiger partial charge in [0.1, 0.15) is 0 Å². The van der Waals surface area contributed by atoms with Gasteiger partial charge in [-0.1, -0.05) is 0 Å². The van der Waals surface area contributed by atoms with Crippen LogP contribution in [0.3, 0.4) is 0 Å². The van der Waals surface area contributed by atoms with E-state index in [1.807, 2.05) is 0 Å². The van der Waals surface area contributed by atoms with Gasteiger partial charge in [-0.2, -0.15) is 0 Å². The maximum atomic E-state index is 8.77. The fourth-order valence-corrected chi connectivity index (χ4v) is 2.17. The first kappa shape index (κ1) is 14.9. The number of aliphatic hydroxyl groups is 1. The predicted octanol–water partition coefficient (Wildman–Crippen LogP) is 0.846. The van der Waals surface area contributed by atoms with Crippen LogP contribution in [0.2, 0.25) is 0 Å². The summed E-state index contributed by atoms with van der Waals surface area (Å²) in [6.45, 7) is 10.8. The zero-order valence-electron chi connectivity index (χ0n) is 11.5. The van der Waals surface area contributed by atoms with Gasteiger partial charge < -0.3 is 15.2 Å². The van der Waals surface area contributed by atoms with Crippen LogP contribution in [0.15, 0.2) is 0 Å². The minimum absolute atomic E-state index is 0.285. The smallest absolute Gasteiger partial charge is 0.0826 e. The molecule has 0 aromatic carbocycles. The fraction of sp³-hybridized carbons (Fsp3) is 1.00. The monoisotopic (exact) mass is 244 g/mol. The molecule has 4 heteroatoms. The molecule has 0 aromatic heterocycles. The van der Waals surface area contributed by atoms with E-state index in [1.54, 1.807) is 0 Å². The molecule has 0 bridgehead atoms. The minimum atomic E-state index is 0.285. The van der Waals surface area contributed by atoms with Crippen LogP contribution in [0.25, 0.3) is 0 Å². The summed E-state index contributed by atoms with van der Waals surface area (Å²) in [5, 5.41) is 12.3. The summed E-state index contributed by atoms with van der Waals surface area (Å²) >= 11 is 0. The van der Waals surface area contributed by atoms with E-state index >= 15 is 0 Å². The summed E-state index contributed by atoms with van der Waals surface area (Å²) in [6, 6.07) is 1.06. The first-order valence-corrected chi connectivity index (χ1v) is 6.83. The highest BCUT2D eigenvalue weighted by atomic mass is 16.5. The van der Waals surface area contributed by atoms with Crippen molar-refractivity contribution in [2.24, 2.45) is 0 Å². The number of nitrogens with one attached hydrogen (secondary N) is 1. The summed E-state index contributed by atoms with van der Waals surface area (Å²) in [5.41, 5.74) is 0. The number of hydrogen-bond donors (Lipinski definition) is 2. The van der Waals surface area contributed by atoms with Crippen LogP contribution in [0.5, 0.6) is 0 Å². The number of rotatable bonds is 7. The van der Waals surface area contributed by atoms with Gasteiger partial charge in [0.25, 0.3) is 0 Å². The van der Waals surface area contributed by atoms with Crippen LogP contribution in [0.1, 0.15) is 33.6 Å². The third kappa shape index (κ3) is 5.82. The maximum absolute atomic E-state index is 8.77. The highest BCUT2D eigenvalue weighted by molar-refractivity contribution is 4.76. The van der Waals surface area contributed by atoms with Crippen LogP contribution in [-0.4, -0.2) is 61.0 Å². The molecule has 0 amide bonds. The van der Waals surface area contributed by atoms with Gasteiger partial charge in [0.15, 0.2) is 0 Å². The molecule has 2 N–H and O–H groups in total. The van der Waals surface area contributed by atoms with Crippen molar-refractivity contribution in [1.82, 2.24) is 10.2 Å². The molecular weight excluding hydrogens is 216 g/mol. The maximum Gasteiger partial charge on any atom is 0.0826 e. The molecule has 0 aliphatic carbocycles. The Morgan fingerprint density at radius 3 is 2.82 bits per heavy atom. The van der Waals surface area contributed by atoms with E-state index < -0.39 is 0 Å². The number of hydrogen-bond acceptors (Lipinski definition) is 4. The second-order valence-electron chi connectivity index (χ2n) is 5.26. The van der Waals surface area contributed by atoms with E-state index in [2.05, 4.69) is 31.0 Å². The Morgan fingerprint density at radius 2 is 2.18 bits per heavy atom.